The molecule has 0 saturated heterocycles. The number of anilines is 1. The molecule has 1 aliphatic rings. The Morgan fingerprint density at radius 2 is 1.65 bits per heavy atom. The summed E-state index contributed by atoms with van der Waals surface area (Å²) in [6.45, 7) is 0. The second kappa shape index (κ2) is 5.48. The number of nitrogens with zero attached hydrogens (tertiary/aromatic N) is 1. The van der Waals surface area contributed by atoms with Gasteiger partial charge in [-0.25, -0.2) is 14.1 Å². The van der Waals surface area contributed by atoms with Gasteiger partial charge in [0.1, 0.15) is 11.4 Å². The first kappa shape index (κ1) is 15.2. The van der Waals surface area contributed by atoms with E-state index in [2.05, 4.69) is 4.74 Å². The fourth-order valence-corrected chi connectivity index (χ4v) is 2.73. The number of amides is 2. The average Bonchev–Trinajstić information content (AvgIpc) is 2.80. The van der Waals surface area contributed by atoms with Crippen molar-refractivity contribution in [3.63, 3.8) is 0 Å². The van der Waals surface area contributed by atoms with Gasteiger partial charge >= 0.3 is 5.97 Å². The number of imide groups is 1. The lowest BCUT2D eigenvalue weighted by molar-refractivity contribution is 0.0595. The van der Waals surface area contributed by atoms with Gasteiger partial charge in [-0.3, -0.25) is 9.59 Å². The Balaban J connectivity index is 2.16. The van der Waals surface area contributed by atoms with Crippen LogP contribution in [0.1, 0.15) is 31.1 Å². The van der Waals surface area contributed by atoms with E-state index >= 15 is 0 Å². The van der Waals surface area contributed by atoms with E-state index in [-0.39, 0.29) is 21.8 Å². The molecule has 0 atom stereocenters. The predicted octanol–water partition coefficient (Wildman–Crippen LogP) is 3.07. The number of fused-ring (bicyclic) bond motifs is 1. The summed E-state index contributed by atoms with van der Waals surface area (Å²) in [5.74, 6) is -3.07. The zero-order chi connectivity index (χ0) is 16.7. The second-order valence-electron chi connectivity index (χ2n) is 4.74. The first-order chi connectivity index (χ1) is 11.0. The van der Waals surface area contributed by atoms with Crippen LogP contribution in [0.15, 0.2) is 36.4 Å². The summed E-state index contributed by atoms with van der Waals surface area (Å²) in [6.07, 6.45) is 0. The van der Waals surface area contributed by atoms with Crippen molar-refractivity contribution in [3.8, 4) is 0 Å². The molecule has 0 aliphatic carbocycles. The van der Waals surface area contributed by atoms with E-state index in [0.29, 0.717) is 0 Å². The predicted molar refractivity (Wildman–Crippen MR) is 80.3 cm³/mol. The maximum Gasteiger partial charge on any atom is 0.342 e. The van der Waals surface area contributed by atoms with Gasteiger partial charge in [0.15, 0.2) is 0 Å². The Bertz CT molecular complexity index is 830. The van der Waals surface area contributed by atoms with Gasteiger partial charge in [-0.05, 0) is 24.3 Å². The van der Waals surface area contributed by atoms with Crippen LogP contribution in [0, 0.1) is 5.82 Å². The summed E-state index contributed by atoms with van der Waals surface area (Å²) >= 11 is 6.05. The number of benzene rings is 2. The van der Waals surface area contributed by atoms with Crippen LogP contribution >= 0.6 is 11.6 Å². The Hall–Kier alpha value is -2.73. The Morgan fingerprint density at radius 3 is 2.17 bits per heavy atom. The molecule has 23 heavy (non-hydrogen) atoms. The van der Waals surface area contributed by atoms with Crippen LogP contribution in [0.25, 0.3) is 0 Å². The van der Waals surface area contributed by atoms with Gasteiger partial charge in [0.2, 0.25) is 0 Å². The van der Waals surface area contributed by atoms with Crippen LogP contribution in [-0.4, -0.2) is 24.9 Å². The summed E-state index contributed by atoms with van der Waals surface area (Å²) in [7, 11) is 1.08. The number of hydrogen-bond donors (Lipinski definition) is 0. The van der Waals surface area contributed by atoms with Crippen molar-refractivity contribution in [1.29, 1.82) is 0 Å². The van der Waals surface area contributed by atoms with E-state index in [0.717, 1.165) is 18.1 Å². The van der Waals surface area contributed by atoms with Crippen LogP contribution in [0.4, 0.5) is 10.1 Å². The zero-order valence-corrected chi connectivity index (χ0v) is 12.6. The highest BCUT2D eigenvalue weighted by atomic mass is 35.5. The first-order valence-corrected chi connectivity index (χ1v) is 6.89. The van der Waals surface area contributed by atoms with Crippen molar-refractivity contribution < 1.29 is 23.5 Å². The van der Waals surface area contributed by atoms with E-state index in [1.54, 1.807) is 12.1 Å². The van der Waals surface area contributed by atoms with Crippen molar-refractivity contribution in [2.75, 3.05) is 12.0 Å². The summed E-state index contributed by atoms with van der Waals surface area (Å²) in [5.41, 5.74) is -0.155. The normalized spacial score (nSPS) is 13.3. The number of ether oxygens (including phenoxy) is 1. The topological polar surface area (TPSA) is 63.7 Å². The minimum absolute atomic E-state index is 0.0698. The lowest BCUT2D eigenvalue weighted by Crippen LogP contribution is -2.30. The number of carbonyl (C=O) groups excluding carboxylic acids is 3. The Labute approximate surface area is 135 Å². The van der Waals surface area contributed by atoms with Gasteiger partial charge in [0.25, 0.3) is 11.8 Å². The van der Waals surface area contributed by atoms with Gasteiger partial charge in [-0.15, -0.1) is 0 Å². The van der Waals surface area contributed by atoms with Crippen LogP contribution in [0.3, 0.4) is 0 Å². The Morgan fingerprint density at radius 1 is 1.09 bits per heavy atom. The van der Waals surface area contributed by atoms with E-state index in [1.807, 2.05) is 0 Å². The van der Waals surface area contributed by atoms with Crippen molar-refractivity contribution >= 4 is 35.1 Å². The number of hydrogen-bond acceptors (Lipinski definition) is 4. The molecule has 2 aromatic rings. The molecule has 5 nitrogen and oxygen atoms in total. The maximum absolute atomic E-state index is 13.8. The van der Waals surface area contributed by atoms with Gasteiger partial charge in [0, 0.05) is 0 Å². The molecule has 0 aromatic heterocycles. The highest BCUT2D eigenvalue weighted by Crippen LogP contribution is 2.36. The van der Waals surface area contributed by atoms with Crippen molar-refractivity contribution in [3.05, 3.63) is 63.9 Å². The van der Waals surface area contributed by atoms with E-state index < -0.39 is 29.2 Å². The van der Waals surface area contributed by atoms with Gasteiger partial charge < -0.3 is 4.74 Å². The highest BCUT2D eigenvalue weighted by Gasteiger charge is 2.38. The van der Waals surface area contributed by atoms with E-state index in [1.165, 1.54) is 18.2 Å². The van der Waals surface area contributed by atoms with Crippen LogP contribution in [0.2, 0.25) is 5.02 Å². The van der Waals surface area contributed by atoms with Crippen molar-refractivity contribution in [2.24, 2.45) is 0 Å². The summed E-state index contributed by atoms with van der Waals surface area (Å²) < 4.78 is 18.3. The fraction of sp³-hybridized carbons (Fsp3) is 0.0625. The lowest BCUT2D eigenvalue weighted by atomic mass is 10.1. The molecule has 0 radical (unpaired) electrons. The lowest BCUT2D eigenvalue weighted by Gasteiger charge is -2.17. The first-order valence-electron chi connectivity index (χ1n) is 6.51. The third-order valence-corrected chi connectivity index (χ3v) is 3.88. The molecule has 2 aromatic carbocycles. The second-order valence-corrected chi connectivity index (χ2v) is 5.12. The third-order valence-electron chi connectivity index (χ3n) is 3.50. The summed E-state index contributed by atoms with van der Waals surface area (Å²) in [5, 5.41) is -0.355. The number of esters is 1. The molecule has 1 heterocycles. The molecule has 0 unspecified atom stereocenters. The molecular formula is C16H9ClFNO4. The molecular weight excluding hydrogens is 325 g/mol. The molecule has 1 aliphatic heterocycles. The quantitative estimate of drug-likeness (QED) is 0.626. The largest absolute Gasteiger partial charge is 0.465 e. The molecule has 0 bridgehead atoms. The smallest absolute Gasteiger partial charge is 0.342 e. The van der Waals surface area contributed by atoms with Crippen molar-refractivity contribution in [2.45, 2.75) is 0 Å². The van der Waals surface area contributed by atoms with Gasteiger partial charge in [-0.2, -0.15) is 0 Å². The molecule has 0 saturated carbocycles. The minimum atomic E-state index is -0.994. The maximum atomic E-state index is 13.8. The third kappa shape index (κ3) is 2.19. The summed E-state index contributed by atoms with van der Waals surface area (Å²) in [4.78, 5) is 37.4. The van der Waals surface area contributed by atoms with Crippen LogP contribution in [-0.2, 0) is 4.74 Å². The monoisotopic (exact) mass is 333 g/mol. The van der Waals surface area contributed by atoms with E-state index in [4.69, 9.17) is 11.6 Å². The Kier molecular flexibility index (Phi) is 3.61. The number of methoxy groups -OCH3 is 1. The standard InChI is InChI=1S/C16H9ClFNO4/c1-23-16(22)12-10(18)6-7-11(13(12)17)19-14(20)8-4-2-3-5-9(8)15(19)21/h2-7H,1H3. The summed E-state index contributed by atoms with van der Waals surface area (Å²) in [6, 6.07) is 8.39. The molecule has 0 N–H and O–H groups in total. The molecule has 0 fully saturated rings. The molecule has 3 rings (SSSR count). The van der Waals surface area contributed by atoms with E-state index in [9.17, 15) is 18.8 Å². The minimum Gasteiger partial charge on any atom is -0.465 e. The van der Waals surface area contributed by atoms with Gasteiger partial charge in [0.05, 0.1) is 28.9 Å². The number of rotatable bonds is 2. The number of carbonyl (C=O) groups is 3. The average molecular weight is 334 g/mol. The number of halogens is 2. The van der Waals surface area contributed by atoms with Crippen LogP contribution < -0.4 is 4.90 Å². The fourth-order valence-electron chi connectivity index (χ4n) is 2.41. The van der Waals surface area contributed by atoms with Crippen LogP contribution in [0.5, 0.6) is 0 Å². The molecule has 116 valence electrons. The SMILES string of the molecule is COC(=O)c1c(F)ccc(N2C(=O)c3ccccc3C2=O)c1Cl. The molecule has 7 heteroatoms. The molecule has 0 spiro atoms. The zero-order valence-electron chi connectivity index (χ0n) is 11.8. The highest BCUT2D eigenvalue weighted by molar-refractivity contribution is 6.41. The van der Waals surface area contributed by atoms with Crippen molar-refractivity contribution in [1.82, 2.24) is 0 Å². The molecule has 2 amide bonds. The van der Waals surface area contributed by atoms with Gasteiger partial charge in [-0.1, -0.05) is 23.7 Å².